The minimum atomic E-state index is 0.587. The van der Waals surface area contributed by atoms with Gasteiger partial charge in [0.05, 0.1) is 18.2 Å². The number of hydrogen-bond donors (Lipinski definition) is 0. The Morgan fingerprint density at radius 1 is 1.50 bits per heavy atom. The molecular formula is C11H12ClNO. The summed E-state index contributed by atoms with van der Waals surface area (Å²) in [6.07, 6.45) is 2.35. The molecule has 1 aromatic carbocycles. The quantitative estimate of drug-likeness (QED) is 0.714. The highest BCUT2D eigenvalue weighted by Crippen LogP contribution is 2.25. The predicted octanol–water partition coefficient (Wildman–Crippen LogP) is 3.19. The Kier molecular flexibility index (Phi) is 4.28. The lowest BCUT2D eigenvalue weighted by atomic mass is 10.1. The van der Waals surface area contributed by atoms with Gasteiger partial charge >= 0.3 is 0 Å². The highest BCUT2D eigenvalue weighted by molar-refractivity contribution is 6.32. The largest absolute Gasteiger partial charge is 0.495 e. The fraction of sp³-hybridized carbons (Fsp3) is 0.364. The number of rotatable bonds is 4. The zero-order valence-corrected chi connectivity index (χ0v) is 8.84. The molecule has 14 heavy (non-hydrogen) atoms. The Labute approximate surface area is 89.1 Å². The number of halogens is 1. The van der Waals surface area contributed by atoms with Crippen LogP contribution in [0.2, 0.25) is 5.02 Å². The first kappa shape index (κ1) is 10.9. The molecule has 0 aliphatic heterocycles. The van der Waals surface area contributed by atoms with E-state index in [4.69, 9.17) is 21.6 Å². The van der Waals surface area contributed by atoms with Crippen LogP contribution in [0.25, 0.3) is 0 Å². The van der Waals surface area contributed by atoms with E-state index in [1.165, 1.54) is 0 Å². The fourth-order valence-electron chi connectivity index (χ4n) is 1.24. The van der Waals surface area contributed by atoms with Crippen LogP contribution < -0.4 is 4.74 Å². The van der Waals surface area contributed by atoms with Crippen molar-refractivity contribution < 1.29 is 4.74 Å². The highest BCUT2D eigenvalue weighted by atomic mass is 35.5. The van der Waals surface area contributed by atoms with Gasteiger partial charge in [0.25, 0.3) is 0 Å². The van der Waals surface area contributed by atoms with Crippen LogP contribution in [0.5, 0.6) is 5.75 Å². The van der Waals surface area contributed by atoms with Crippen molar-refractivity contribution >= 4 is 11.6 Å². The number of nitrogens with zero attached hydrogens (tertiary/aromatic N) is 1. The Bertz CT molecular complexity index is 344. The molecular weight excluding hydrogens is 198 g/mol. The fourth-order valence-corrected chi connectivity index (χ4v) is 1.52. The zero-order valence-electron chi connectivity index (χ0n) is 8.09. The van der Waals surface area contributed by atoms with Crippen molar-refractivity contribution in [3.05, 3.63) is 28.8 Å². The molecule has 0 unspecified atom stereocenters. The van der Waals surface area contributed by atoms with E-state index in [2.05, 4.69) is 6.07 Å². The van der Waals surface area contributed by atoms with Crippen LogP contribution in [-0.2, 0) is 6.42 Å². The van der Waals surface area contributed by atoms with Crippen LogP contribution in [0.15, 0.2) is 18.2 Å². The van der Waals surface area contributed by atoms with Crippen molar-refractivity contribution in [3.63, 3.8) is 0 Å². The van der Waals surface area contributed by atoms with E-state index in [1.54, 1.807) is 7.11 Å². The van der Waals surface area contributed by atoms with Crippen LogP contribution in [0.3, 0.4) is 0 Å². The second-order valence-electron chi connectivity index (χ2n) is 2.98. The van der Waals surface area contributed by atoms with Gasteiger partial charge in [0.15, 0.2) is 0 Å². The van der Waals surface area contributed by atoms with E-state index in [0.29, 0.717) is 17.2 Å². The van der Waals surface area contributed by atoms with Gasteiger partial charge in [-0.3, -0.25) is 0 Å². The van der Waals surface area contributed by atoms with E-state index >= 15 is 0 Å². The van der Waals surface area contributed by atoms with Crippen molar-refractivity contribution in [1.29, 1.82) is 5.26 Å². The molecule has 3 heteroatoms. The maximum Gasteiger partial charge on any atom is 0.137 e. The Morgan fingerprint density at radius 2 is 2.29 bits per heavy atom. The van der Waals surface area contributed by atoms with Crippen LogP contribution in [0, 0.1) is 11.3 Å². The maximum absolute atomic E-state index is 8.38. The number of ether oxygens (including phenoxy) is 1. The number of hydrogen-bond acceptors (Lipinski definition) is 2. The third-order valence-corrected chi connectivity index (χ3v) is 2.27. The monoisotopic (exact) mass is 209 g/mol. The van der Waals surface area contributed by atoms with Crippen LogP contribution >= 0.6 is 11.6 Å². The third kappa shape index (κ3) is 2.93. The zero-order chi connectivity index (χ0) is 10.4. The molecule has 1 rings (SSSR count). The normalized spacial score (nSPS) is 9.50. The standard InChI is InChI=1S/C11H12ClNO/c1-14-11-6-5-9(8-10(11)12)4-2-3-7-13/h5-6,8H,2-4H2,1H3. The summed E-state index contributed by atoms with van der Waals surface area (Å²) in [5.74, 6) is 0.690. The summed E-state index contributed by atoms with van der Waals surface area (Å²) in [6, 6.07) is 7.83. The van der Waals surface area contributed by atoms with E-state index in [9.17, 15) is 0 Å². The minimum Gasteiger partial charge on any atom is -0.495 e. The molecule has 74 valence electrons. The maximum atomic E-state index is 8.38. The number of unbranched alkanes of at least 4 members (excludes halogenated alkanes) is 1. The molecule has 0 aliphatic rings. The highest BCUT2D eigenvalue weighted by Gasteiger charge is 2.01. The van der Waals surface area contributed by atoms with Crippen molar-refractivity contribution in [1.82, 2.24) is 0 Å². The second-order valence-corrected chi connectivity index (χ2v) is 3.39. The molecule has 0 saturated carbocycles. The Hall–Kier alpha value is -1.20. The van der Waals surface area contributed by atoms with Crippen molar-refractivity contribution in [3.8, 4) is 11.8 Å². The van der Waals surface area contributed by atoms with Gasteiger partial charge in [-0.25, -0.2) is 0 Å². The average molecular weight is 210 g/mol. The lowest BCUT2D eigenvalue weighted by Gasteiger charge is -2.04. The van der Waals surface area contributed by atoms with Crippen molar-refractivity contribution in [2.75, 3.05) is 7.11 Å². The molecule has 0 spiro atoms. The van der Waals surface area contributed by atoms with Gasteiger partial charge in [0.1, 0.15) is 5.75 Å². The molecule has 0 aromatic heterocycles. The molecule has 0 bridgehead atoms. The molecule has 1 aromatic rings. The summed E-state index contributed by atoms with van der Waals surface area (Å²) >= 11 is 5.95. The van der Waals surface area contributed by atoms with Crippen LogP contribution in [0.1, 0.15) is 18.4 Å². The molecule has 0 aliphatic carbocycles. The summed E-state index contributed by atoms with van der Waals surface area (Å²) in [4.78, 5) is 0. The summed E-state index contributed by atoms with van der Waals surface area (Å²) in [6.45, 7) is 0. The molecule has 0 heterocycles. The third-order valence-electron chi connectivity index (χ3n) is 1.97. The van der Waals surface area contributed by atoms with Crippen LogP contribution in [-0.4, -0.2) is 7.11 Å². The lowest BCUT2D eigenvalue weighted by molar-refractivity contribution is 0.415. The number of benzene rings is 1. The molecule has 2 nitrogen and oxygen atoms in total. The number of aryl methyl sites for hydroxylation is 1. The topological polar surface area (TPSA) is 33.0 Å². The van der Waals surface area contributed by atoms with Crippen LogP contribution in [0.4, 0.5) is 0 Å². The van der Waals surface area contributed by atoms with Gasteiger partial charge < -0.3 is 4.74 Å². The van der Waals surface area contributed by atoms with Crippen molar-refractivity contribution in [2.24, 2.45) is 0 Å². The minimum absolute atomic E-state index is 0.587. The predicted molar refractivity (Wildman–Crippen MR) is 56.6 cm³/mol. The van der Waals surface area contributed by atoms with Gasteiger partial charge in [-0.1, -0.05) is 17.7 Å². The molecule has 0 amide bonds. The van der Waals surface area contributed by atoms with E-state index in [0.717, 1.165) is 18.4 Å². The lowest BCUT2D eigenvalue weighted by Crippen LogP contribution is -1.88. The molecule has 0 atom stereocenters. The van der Waals surface area contributed by atoms with E-state index < -0.39 is 0 Å². The molecule has 0 fully saturated rings. The smallest absolute Gasteiger partial charge is 0.137 e. The summed E-state index contributed by atoms with van der Waals surface area (Å²) in [7, 11) is 1.59. The molecule has 0 saturated heterocycles. The van der Waals surface area contributed by atoms with Gasteiger partial charge in [0, 0.05) is 6.42 Å². The first-order valence-corrected chi connectivity index (χ1v) is 4.85. The average Bonchev–Trinajstić information content (AvgIpc) is 2.18. The number of methoxy groups -OCH3 is 1. The first-order valence-electron chi connectivity index (χ1n) is 4.47. The van der Waals surface area contributed by atoms with E-state index in [-0.39, 0.29) is 0 Å². The van der Waals surface area contributed by atoms with E-state index in [1.807, 2.05) is 18.2 Å². The number of nitriles is 1. The summed E-state index contributed by atoms with van der Waals surface area (Å²) in [5.41, 5.74) is 1.14. The SMILES string of the molecule is COc1ccc(CCCC#N)cc1Cl. The first-order chi connectivity index (χ1) is 6.77. The summed E-state index contributed by atoms with van der Waals surface area (Å²) in [5, 5.41) is 9.01. The summed E-state index contributed by atoms with van der Waals surface area (Å²) < 4.78 is 5.04. The van der Waals surface area contributed by atoms with Gasteiger partial charge in [-0.15, -0.1) is 0 Å². The van der Waals surface area contributed by atoms with Gasteiger partial charge in [-0.05, 0) is 30.5 Å². The Balaban J connectivity index is 2.63. The van der Waals surface area contributed by atoms with Gasteiger partial charge in [-0.2, -0.15) is 5.26 Å². The molecule has 0 N–H and O–H groups in total. The Morgan fingerprint density at radius 3 is 2.86 bits per heavy atom. The van der Waals surface area contributed by atoms with Crippen molar-refractivity contribution in [2.45, 2.75) is 19.3 Å². The van der Waals surface area contributed by atoms with Gasteiger partial charge in [0.2, 0.25) is 0 Å². The second kappa shape index (κ2) is 5.51. The molecule has 0 radical (unpaired) electrons.